The van der Waals surface area contributed by atoms with Gasteiger partial charge in [0.15, 0.2) is 0 Å². The van der Waals surface area contributed by atoms with E-state index in [-0.39, 0.29) is 12.5 Å². The van der Waals surface area contributed by atoms with Gasteiger partial charge in [0, 0.05) is 6.42 Å². The minimum absolute atomic E-state index is 0.0771. The fourth-order valence-electron chi connectivity index (χ4n) is 7.55. The van der Waals surface area contributed by atoms with E-state index in [9.17, 15) is 15.0 Å². The quantitative estimate of drug-likeness (QED) is 0.0422. The second-order valence-electron chi connectivity index (χ2n) is 17.6. The van der Waals surface area contributed by atoms with Crippen LogP contribution < -0.4 is 5.32 Å². The highest BCUT2D eigenvalue weighted by Crippen LogP contribution is 2.15. The zero-order valence-electron chi connectivity index (χ0n) is 40.9. The van der Waals surface area contributed by atoms with E-state index in [2.05, 4.69) is 104 Å². The summed E-state index contributed by atoms with van der Waals surface area (Å²) in [5.74, 6) is -0.0771. The number of allylic oxidation sites excluding steroid dienone is 15. The Labute approximate surface area is 385 Å². The highest BCUT2D eigenvalue weighted by atomic mass is 16.3. The highest BCUT2D eigenvalue weighted by molar-refractivity contribution is 5.76. The summed E-state index contributed by atoms with van der Waals surface area (Å²) in [6, 6.07) is -0.644. The van der Waals surface area contributed by atoms with E-state index in [0.717, 1.165) is 70.6 Å². The molecule has 1 amide bonds. The van der Waals surface area contributed by atoms with Gasteiger partial charge in [-0.05, 0) is 83.5 Å². The van der Waals surface area contributed by atoms with Crippen molar-refractivity contribution in [2.75, 3.05) is 6.61 Å². The van der Waals surface area contributed by atoms with E-state index in [1.807, 2.05) is 6.08 Å². The average Bonchev–Trinajstić information content (AvgIpc) is 3.28. The molecule has 0 spiro atoms. The van der Waals surface area contributed by atoms with Crippen LogP contribution in [0.25, 0.3) is 0 Å². The monoisotopic (exact) mass is 860 g/mol. The van der Waals surface area contributed by atoms with E-state index in [1.165, 1.54) is 154 Å². The summed E-state index contributed by atoms with van der Waals surface area (Å²) in [5, 5.41) is 23.1. The summed E-state index contributed by atoms with van der Waals surface area (Å²) < 4.78 is 0. The predicted molar refractivity (Wildman–Crippen MR) is 276 cm³/mol. The number of hydrogen-bond acceptors (Lipinski definition) is 3. The Morgan fingerprint density at radius 2 is 0.726 bits per heavy atom. The number of hydrogen-bond donors (Lipinski definition) is 3. The molecule has 356 valence electrons. The van der Waals surface area contributed by atoms with Crippen molar-refractivity contribution >= 4 is 5.91 Å². The fraction of sp³-hybridized carbons (Fsp3) is 0.707. The van der Waals surface area contributed by atoms with E-state index in [1.54, 1.807) is 6.08 Å². The molecule has 0 aliphatic heterocycles. The molecule has 0 aliphatic carbocycles. The number of unbranched alkanes of at least 4 members (excludes halogenated alkanes) is 26. The first kappa shape index (κ1) is 59.3. The van der Waals surface area contributed by atoms with Crippen LogP contribution in [-0.4, -0.2) is 34.9 Å². The van der Waals surface area contributed by atoms with E-state index >= 15 is 0 Å². The molecule has 2 unspecified atom stereocenters. The summed E-state index contributed by atoms with van der Waals surface area (Å²) in [5.41, 5.74) is 0. The zero-order valence-corrected chi connectivity index (χ0v) is 40.9. The molecule has 3 N–H and O–H groups in total. The Kier molecular flexibility index (Phi) is 50.4. The number of amides is 1. The smallest absolute Gasteiger partial charge is 0.220 e. The van der Waals surface area contributed by atoms with Gasteiger partial charge in [0.1, 0.15) is 0 Å². The van der Waals surface area contributed by atoms with Crippen molar-refractivity contribution in [3.8, 4) is 0 Å². The molecule has 0 aromatic carbocycles. The lowest BCUT2D eigenvalue weighted by Gasteiger charge is -2.19. The SMILES string of the molecule is CC/C=C\C/C=C\C/C=C\C/C=C\C/C=C\C/C=C\CCCCCCCCCCCCCCCCC(=O)NC(CO)C(O)/C=C/CC/C=C/CCCCCCCCCCCCC. The van der Waals surface area contributed by atoms with Crippen LogP contribution in [0.1, 0.15) is 245 Å². The van der Waals surface area contributed by atoms with Crippen molar-refractivity contribution in [3.63, 3.8) is 0 Å². The molecular weight excluding hydrogens is 759 g/mol. The Hall–Kier alpha value is -2.69. The van der Waals surface area contributed by atoms with Crippen molar-refractivity contribution in [3.05, 3.63) is 97.2 Å². The van der Waals surface area contributed by atoms with Gasteiger partial charge >= 0.3 is 0 Å². The first-order valence-corrected chi connectivity index (χ1v) is 26.5. The molecule has 62 heavy (non-hydrogen) atoms. The molecule has 0 saturated heterocycles. The number of nitrogens with one attached hydrogen (secondary N) is 1. The lowest BCUT2D eigenvalue weighted by atomic mass is 10.0. The first-order valence-electron chi connectivity index (χ1n) is 26.5. The van der Waals surface area contributed by atoms with Gasteiger partial charge in [-0.2, -0.15) is 0 Å². The predicted octanol–water partition coefficient (Wildman–Crippen LogP) is 17.4. The number of aliphatic hydroxyl groups is 2. The molecule has 0 aromatic rings. The molecule has 2 atom stereocenters. The number of rotatable bonds is 47. The molecule has 0 aromatic heterocycles. The summed E-state index contributed by atoms with van der Waals surface area (Å²) >= 11 is 0. The van der Waals surface area contributed by atoms with E-state index in [0.29, 0.717) is 6.42 Å². The van der Waals surface area contributed by atoms with Crippen LogP contribution in [-0.2, 0) is 4.79 Å². The maximum Gasteiger partial charge on any atom is 0.220 e. The number of carbonyl (C=O) groups is 1. The molecule has 4 heteroatoms. The Bertz CT molecular complexity index is 1160. The molecule has 0 bridgehead atoms. The lowest BCUT2D eigenvalue weighted by molar-refractivity contribution is -0.123. The second-order valence-corrected chi connectivity index (χ2v) is 17.6. The van der Waals surface area contributed by atoms with Gasteiger partial charge in [-0.1, -0.05) is 252 Å². The number of carbonyl (C=O) groups excluding carboxylic acids is 1. The maximum atomic E-state index is 12.4. The third-order valence-electron chi connectivity index (χ3n) is 11.6. The summed E-state index contributed by atoms with van der Waals surface area (Å²) in [7, 11) is 0. The van der Waals surface area contributed by atoms with Gasteiger partial charge in [-0.3, -0.25) is 4.79 Å². The van der Waals surface area contributed by atoms with Crippen molar-refractivity contribution < 1.29 is 15.0 Å². The third-order valence-corrected chi connectivity index (χ3v) is 11.6. The van der Waals surface area contributed by atoms with Gasteiger partial charge in [0.05, 0.1) is 18.8 Å². The lowest BCUT2D eigenvalue weighted by Crippen LogP contribution is -2.45. The molecule has 0 saturated carbocycles. The van der Waals surface area contributed by atoms with Crippen LogP contribution >= 0.6 is 0 Å². The molecule has 0 heterocycles. The normalized spacial score (nSPS) is 13.7. The Balaban J connectivity index is 3.56. The molecule has 0 radical (unpaired) electrons. The van der Waals surface area contributed by atoms with Gasteiger partial charge in [-0.15, -0.1) is 0 Å². The minimum Gasteiger partial charge on any atom is -0.394 e. The van der Waals surface area contributed by atoms with Crippen molar-refractivity contribution in [1.29, 1.82) is 0 Å². The fourth-order valence-corrected chi connectivity index (χ4v) is 7.55. The van der Waals surface area contributed by atoms with E-state index in [4.69, 9.17) is 0 Å². The standard InChI is InChI=1S/C58H101NO3/c1-3-5-7-9-11-13-15-17-19-21-22-23-24-25-26-27-28-29-30-31-32-33-34-35-36-38-40-42-44-46-48-50-52-54-58(62)59-56(55-60)57(61)53-51-49-47-45-43-41-39-37-20-18-16-14-12-10-8-6-4-2/h5,7,11,13,17,19,22-23,25-26,28-29,43,45,51,53,56-57,60-61H,3-4,6,8-10,12,14-16,18,20-21,24,27,30-42,44,46-50,52,54-55H2,1-2H3,(H,59,62)/b7-5-,13-11-,19-17-,23-22-,26-25-,29-28-,45-43+,53-51+. The zero-order chi connectivity index (χ0) is 44.9. The summed E-state index contributed by atoms with van der Waals surface area (Å²) in [6.45, 7) is 4.18. The number of aliphatic hydroxyl groups excluding tert-OH is 2. The van der Waals surface area contributed by atoms with Crippen molar-refractivity contribution in [2.45, 2.75) is 257 Å². The van der Waals surface area contributed by atoms with Crippen molar-refractivity contribution in [2.24, 2.45) is 0 Å². The van der Waals surface area contributed by atoms with E-state index < -0.39 is 12.1 Å². The molecule has 0 rings (SSSR count). The average molecular weight is 860 g/mol. The Morgan fingerprint density at radius 1 is 0.403 bits per heavy atom. The summed E-state index contributed by atoms with van der Waals surface area (Å²) in [6.07, 6.45) is 78.3. The van der Waals surface area contributed by atoms with Gasteiger partial charge in [0.2, 0.25) is 5.91 Å². The van der Waals surface area contributed by atoms with Gasteiger partial charge in [0.25, 0.3) is 0 Å². The highest BCUT2D eigenvalue weighted by Gasteiger charge is 2.17. The van der Waals surface area contributed by atoms with Crippen LogP contribution in [0.2, 0.25) is 0 Å². The molecular formula is C58H101NO3. The minimum atomic E-state index is -0.867. The third kappa shape index (κ3) is 48.3. The van der Waals surface area contributed by atoms with Crippen molar-refractivity contribution in [1.82, 2.24) is 5.32 Å². The molecule has 4 nitrogen and oxygen atoms in total. The van der Waals surface area contributed by atoms with Crippen LogP contribution in [0.3, 0.4) is 0 Å². The largest absolute Gasteiger partial charge is 0.394 e. The first-order chi connectivity index (χ1) is 30.7. The molecule has 0 fully saturated rings. The van der Waals surface area contributed by atoms with Crippen LogP contribution in [0.5, 0.6) is 0 Å². The second kappa shape index (κ2) is 52.7. The van der Waals surface area contributed by atoms with Crippen LogP contribution in [0, 0.1) is 0 Å². The van der Waals surface area contributed by atoms with Crippen LogP contribution in [0.15, 0.2) is 97.2 Å². The molecule has 0 aliphatic rings. The summed E-state index contributed by atoms with van der Waals surface area (Å²) in [4.78, 5) is 12.4. The Morgan fingerprint density at radius 3 is 1.13 bits per heavy atom. The maximum absolute atomic E-state index is 12.4. The van der Waals surface area contributed by atoms with Gasteiger partial charge < -0.3 is 15.5 Å². The topological polar surface area (TPSA) is 69.6 Å². The van der Waals surface area contributed by atoms with Gasteiger partial charge in [-0.25, -0.2) is 0 Å². The van der Waals surface area contributed by atoms with Crippen LogP contribution in [0.4, 0.5) is 0 Å².